The number of benzene rings is 1. The van der Waals surface area contributed by atoms with Crippen LogP contribution < -0.4 is 0 Å². The van der Waals surface area contributed by atoms with Crippen molar-refractivity contribution in [3.8, 4) is 0 Å². The molecule has 5 heteroatoms. The lowest BCUT2D eigenvalue weighted by molar-refractivity contribution is -0.141. The van der Waals surface area contributed by atoms with Gasteiger partial charge in [-0.25, -0.2) is 0 Å². The normalized spacial score (nSPS) is 11.9. The summed E-state index contributed by atoms with van der Waals surface area (Å²) < 4.78 is 0. The molecular weight excluding hydrogens is 254 g/mol. The maximum Gasteiger partial charge on any atom is 0.303 e. The summed E-state index contributed by atoms with van der Waals surface area (Å²) >= 11 is 5.89. The lowest BCUT2D eigenvalue weighted by Crippen LogP contribution is -2.29. The maximum atomic E-state index is 11.8. The Hall–Kier alpha value is -1.55. The van der Waals surface area contributed by atoms with Gasteiger partial charge in [0.1, 0.15) is 0 Å². The highest BCUT2D eigenvalue weighted by atomic mass is 35.5. The molecule has 0 bridgehead atoms. The fourth-order valence-corrected chi connectivity index (χ4v) is 1.79. The molecule has 1 amide bonds. The molecule has 0 aliphatic heterocycles. The molecule has 0 saturated carbocycles. The minimum atomic E-state index is -0.966. The van der Waals surface area contributed by atoms with Crippen LogP contribution in [0.25, 0.3) is 0 Å². The molecule has 1 aromatic rings. The van der Waals surface area contributed by atoms with Gasteiger partial charge in [0.05, 0.1) is 12.5 Å². The fourth-order valence-electron chi connectivity index (χ4n) is 1.60. The molecule has 1 unspecified atom stereocenters. The first-order valence-electron chi connectivity index (χ1n) is 5.64. The Morgan fingerprint density at radius 3 is 2.61 bits per heavy atom. The highest BCUT2D eigenvalue weighted by molar-refractivity contribution is 6.30. The fraction of sp³-hybridized carbons (Fsp3) is 0.385. The van der Waals surface area contributed by atoms with E-state index in [0.29, 0.717) is 5.02 Å². The topological polar surface area (TPSA) is 57.6 Å². The number of carboxylic acid groups (broad SMARTS) is 1. The molecule has 0 saturated heterocycles. The Kier molecular flexibility index (Phi) is 5.16. The minimum Gasteiger partial charge on any atom is -0.481 e. The van der Waals surface area contributed by atoms with Crippen molar-refractivity contribution in [3.05, 3.63) is 34.9 Å². The Bertz CT molecular complexity index is 448. The van der Waals surface area contributed by atoms with E-state index in [-0.39, 0.29) is 24.8 Å². The molecule has 0 aliphatic carbocycles. The molecule has 0 fully saturated rings. The molecule has 0 aromatic heterocycles. The third-order valence-electron chi connectivity index (χ3n) is 2.86. The first-order chi connectivity index (χ1) is 8.41. The number of amides is 1. The van der Waals surface area contributed by atoms with Crippen LogP contribution in [-0.4, -0.2) is 28.9 Å². The average molecular weight is 270 g/mol. The zero-order valence-electron chi connectivity index (χ0n) is 10.4. The highest BCUT2D eigenvalue weighted by Gasteiger charge is 2.18. The number of carbonyl (C=O) groups excluding carboxylic acids is 1. The quantitative estimate of drug-likeness (QED) is 0.894. The average Bonchev–Trinajstić information content (AvgIpc) is 2.34. The zero-order chi connectivity index (χ0) is 13.7. The summed E-state index contributed by atoms with van der Waals surface area (Å²) in [5.41, 5.74) is 0.925. The molecule has 1 N–H and O–H groups in total. The van der Waals surface area contributed by atoms with Gasteiger partial charge in [-0.2, -0.15) is 0 Å². The van der Waals surface area contributed by atoms with E-state index < -0.39 is 5.97 Å². The molecule has 0 heterocycles. The van der Waals surface area contributed by atoms with Crippen molar-refractivity contribution in [2.45, 2.75) is 25.8 Å². The second-order valence-electron chi connectivity index (χ2n) is 4.13. The van der Waals surface area contributed by atoms with E-state index in [1.165, 1.54) is 4.90 Å². The van der Waals surface area contributed by atoms with Crippen molar-refractivity contribution >= 4 is 23.5 Å². The minimum absolute atomic E-state index is 0.0107. The van der Waals surface area contributed by atoms with Gasteiger partial charge in [0.2, 0.25) is 5.91 Å². The first-order valence-corrected chi connectivity index (χ1v) is 6.02. The predicted octanol–water partition coefficient (Wildman–Crippen LogP) is 2.72. The molecule has 0 spiro atoms. The third kappa shape index (κ3) is 4.04. The van der Waals surface area contributed by atoms with Crippen LogP contribution in [0.4, 0.5) is 0 Å². The van der Waals surface area contributed by atoms with E-state index in [1.807, 2.05) is 19.1 Å². The van der Waals surface area contributed by atoms with Crippen molar-refractivity contribution in [1.82, 2.24) is 4.90 Å². The summed E-state index contributed by atoms with van der Waals surface area (Å²) in [5, 5.41) is 9.16. The Morgan fingerprint density at radius 1 is 1.39 bits per heavy atom. The third-order valence-corrected chi connectivity index (χ3v) is 3.09. The van der Waals surface area contributed by atoms with Gasteiger partial charge in [0.25, 0.3) is 0 Å². The van der Waals surface area contributed by atoms with Crippen molar-refractivity contribution in [1.29, 1.82) is 0 Å². The van der Waals surface area contributed by atoms with Gasteiger partial charge >= 0.3 is 5.97 Å². The molecule has 98 valence electrons. The number of hydrogen-bond donors (Lipinski definition) is 1. The van der Waals surface area contributed by atoms with Crippen LogP contribution in [0.3, 0.4) is 0 Å². The first kappa shape index (κ1) is 14.5. The molecule has 4 nitrogen and oxygen atoms in total. The van der Waals surface area contributed by atoms with E-state index in [2.05, 4.69) is 0 Å². The van der Waals surface area contributed by atoms with Crippen LogP contribution >= 0.6 is 11.6 Å². The van der Waals surface area contributed by atoms with Crippen LogP contribution in [-0.2, 0) is 9.59 Å². The van der Waals surface area contributed by atoms with Crippen LogP contribution in [0.1, 0.15) is 31.4 Å². The van der Waals surface area contributed by atoms with Gasteiger partial charge in [-0.05, 0) is 24.6 Å². The molecule has 1 rings (SSSR count). The number of aliphatic carboxylic acids is 1. The van der Waals surface area contributed by atoms with Gasteiger partial charge < -0.3 is 10.0 Å². The number of carboxylic acids is 1. The maximum absolute atomic E-state index is 11.8. The number of nitrogens with zero attached hydrogens (tertiary/aromatic N) is 1. The van der Waals surface area contributed by atoms with Crippen molar-refractivity contribution < 1.29 is 14.7 Å². The monoisotopic (exact) mass is 269 g/mol. The Labute approximate surface area is 111 Å². The van der Waals surface area contributed by atoms with Gasteiger partial charge in [-0.3, -0.25) is 9.59 Å². The van der Waals surface area contributed by atoms with Gasteiger partial charge in [0, 0.05) is 18.5 Å². The largest absolute Gasteiger partial charge is 0.481 e. The molecule has 1 atom stereocenters. The zero-order valence-corrected chi connectivity index (χ0v) is 11.1. The van der Waals surface area contributed by atoms with Crippen LogP contribution in [0.2, 0.25) is 5.02 Å². The lowest BCUT2D eigenvalue weighted by atomic mass is 10.1. The summed E-state index contributed by atoms with van der Waals surface area (Å²) in [6.45, 7) is 1.88. The van der Waals surface area contributed by atoms with Crippen molar-refractivity contribution in [2.75, 3.05) is 7.05 Å². The summed E-state index contributed by atoms with van der Waals surface area (Å²) in [4.78, 5) is 23.7. The smallest absolute Gasteiger partial charge is 0.303 e. The SMILES string of the molecule is CC(c1cccc(Cl)c1)N(C)C(=O)CCC(=O)O. The molecule has 18 heavy (non-hydrogen) atoms. The number of hydrogen-bond acceptors (Lipinski definition) is 2. The van der Waals surface area contributed by atoms with Gasteiger partial charge in [0.15, 0.2) is 0 Å². The van der Waals surface area contributed by atoms with Crippen LogP contribution in [0.5, 0.6) is 0 Å². The second kappa shape index (κ2) is 6.40. The summed E-state index contributed by atoms with van der Waals surface area (Å²) in [5.74, 6) is -1.16. The van der Waals surface area contributed by atoms with E-state index >= 15 is 0 Å². The second-order valence-corrected chi connectivity index (χ2v) is 4.57. The standard InChI is InChI=1S/C13H16ClNO3/c1-9(10-4-3-5-11(14)8-10)15(2)12(16)6-7-13(17)18/h3-5,8-9H,6-7H2,1-2H3,(H,17,18). The lowest BCUT2D eigenvalue weighted by Gasteiger charge is -2.25. The Balaban J connectivity index is 2.68. The number of rotatable bonds is 5. The van der Waals surface area contributed by atoms with Gasteiger partial charge in [-0.15, -0.1) is 0 Å². The van der Waals surface area contributed by atoms with Crippen molar-refractivity contribution in [2.24, 2.45) is 0 Å². The van der Waals surface area contributed by atoms with Gasteiger partial charge in [-0.1, -0.05) is 23.7 Å². The summed E-state index contributed by atoms with van der Waals surface area (Å²) in [7, 11) is 1.66. The Morgan fingerprint density at radius 2 is 2.06 bits per heavy atom. The highest BCUT2D eigenvalue weighted by Crippen LogP contribution is 2.22. The van der Waals surface area contributed by atoms with Crippen LogP contribution in [0, 0.1) is 0 Å². The van der Waals surface area contributed by atoms with E-state index in [0.717, 1.165) is 5.56 Å². The number of halogens is 1. The number of carbonyl (C=O) groups is 2. The van der Waals surface area contributed by atoms with E-state index in [4.69, 9.17) is 16.7 Å². The summed E-state index contributed by atoms with van der Waals surface area (Å²) in [6.07, 6.45) is -0.137. The molecular formula is C13H16ClNO3. The van der Waals surface area contributed by atoms with Crippen LogP contribution in [0.15, 0.2) is 24.3 Å². The summed E-state index contributed by atoms with van der Waals surface area (Å²) in [6, 6.07) is 7.14. The van der Waals surface area contributed by atoms with E-state index in [9.17, 15) is 9.59 Å². The van der Waals surface area contributed by atoms with E-state index in [1.54, 1.807) is 19.2 Å². The van der Waals surface area contributed by atoms with Crippen molar-refractivity contribution in [3.63, 3.8) is 0 Å². The molecule has 0 radical (unpaired) electrons. The molecule has 1 aromatic carbocycles. The predicted molar refractivity (Wildman–Crippen MR) is 69.5 cm³/mol. The molecule has 0 aliphatic rings.